The zero-order valence-corrected chi connectivity index (χ0v) is 17.3. The standard InChI is InChI=1S/C23H27FN4O/c1-5-8-18(25)21-22(26-4)19(9-7-10-20(29)15(3)6-2)27-23(28-21)16-11-13-17(24)14-12-16/h6-7,9-14,25-26,29H,5,8H2,1-4H3/b9-7+,15-6-,20-10+,25-18?. The van der Waals surface area contributed by atoms with Gasteiger partial charge in [-0.15, -0.1) is 0 Å². The molecule has 1 aromatic carbocycles. The van der Waals surface area contributed by atoms with Crippen LogP contribution in [0.25, 0.3) is 17.5 Å². The summed E-state index contributed by atoms with van der Waals surface area (Å²) in [5.74, 6) is 0.249. The molecule has 0 aliphatic carbocycles. The van der Waals surface area contributed by atoms with Crippen molar-refractivity contribution < 1.29 is 9.50 Å². The predicted octanol–water partition coefficient (Wildman–Crippen LogP) is 5.91. The lowest BCUT2D eigenvalue weighted by Crippen LogP contribution is -2.11. The van der Waals surface area contributed by atoms with Crippen LogP contribution in [0.2, 0.25) is 0 Å². The fourth-order valence-corrected chi connectivity index (χ4v) is 2.67. The minimum absolute atomic E-state index is 0.168. The molecule has 152 valence electrons. The molecule has 1 aromatic heterocycles. The van der Waals surface area contributed by atoms with Crippen LogP contribution in [0.3, 0.4) is 0 Å². The van der Waals surface area contributed by atoms with Crippen LogP contribution in [0, 0.1) is 11.2 Å². The number of rotatable bonds is 8. The second-order valence-electron chi connectivity index (χ2n) is 6.52. The van der Waals surface area contributed by atoms with E-state index in [0.29, 0.717) is 40.6 Å². The molecule has 0 atom stereocenters. The number of aliphatic hydroxyl groups is 1. The molecular formula is C23H27FN4O. The number of nitrogens with zero attached hydrogens (tertiary/aromatic N) is 2. The number of nitrogens with one attached hydrogen (secondary N) is 2. The van der Waals surface area contributed by atoms with Gasteiger partial charge in [0.05, 0.1) is 17.1 Å². The molecule has 0 amide bonds. The molecule has 0 saturated heterocycles. The van der Waals surface area contributed by atoms with Crippen molar-refractivity contribution in [1.82, 2.24) is 9.97 Å². The monoisotopic (exact) mass is 394 g/mol. The maximum atomic E-state index is 13.3. The highest BCUT2D eigenvalue weighted by Crippen LogP contribution is 2.26. The molecule has 0 bridgehead atoms. The van der Waals surface area contributed by atoms with Gasteiger partial charge in [0, 0.05) is 12.6 Å². The largest absolute Gasteiger partial charge is 0.508 e. The summed E-state index contributed by atoms with van der Waals surface area (Å²) in [6.45, 7) is 5.68. The van der Waals surface area contributed by atoms with E-state index < -0.39 is 0 Å². The lowest BCUT2D eigenvalue weighted by Gasteiger charge is -2.14. The summed E-state index contributed by atoms with van der Waals surface area (Å²) >= 11 is 0. The summed E-state index contributed by atoms with van der Waals surface area (Å²) in [6, 6.07) is 5.95. The number of aliphatic hydroxyl groups excluding tert-OH is 1. The molecule has 1 heterocycles. The van der Waals surface area contributed by atoms with Gasteiger partial charge < -0.3 is 15.8 Å². The predicted molar refractivity (Wildman–Crippen MR) is 118 cm³/mol. The second-order valence-corrected chi connectivity index (χ2v) is 6.52. The zero-order chi connectivity index (χ0) is 21.4. The highest BCUT2D eigenvalue weighted by Gasteiger charge is 2.16. The third kappa shape index (κ3) is 5.60. The van der Waals surface area contributed by atoms with E-state index in [-0.39, 0.29) is 11.6 Å². The first-order valence-corrected chi connectivity index (χ1v) is 9.55. The Bertz CT molecular complexity index is 960. The maximum absolute atomic E-state index is 13.3. The van der Waals surface area contributed by atoms with Gasteiger partial charge in [0.1, 0.15) is 17.3 Å². The number of aromatic nitrogens is 2. The van der Waals surface area contributed by atoms with Crippen molar-refractivity contribution in [2.75, 3.05) is 12.4 Å². The molecular weight excluding hydrogens is 367 g/mol. The lowest BCUT2D eigenvalue weighted by atomic mass is 10.1. The summed E-state index contributed by atoms with van der Waals surface area (Å²) in [5, 5.41) is 21.5. The van der Waals surface area contributed by atoms with Crippen LogP contribution >= 0.6 is 0 Å². The first-order valence-electron chi connectivity index (χ1n) is 9.55. The van der Waals surface area contributed by atoms with Gasteiger partial charge in [-0.3, -0.25) is 0 Å². The first-order chi connectivity index (χ1) is 13.9. The Morgan fingerprint density at radius 3 is 2.52 bits per heavy atom. The van der Waals surface area contributed by atoms with E-state index in [2.05, 4.69) is 15.3 Å². The van der Waals surface area contributed by atoms with Crippen molar-refractivity contribution in [2.45, 2.75) is 33.6 Å². The molecule has 0 saturated carbocycles. The molecule has 0 spiro atoms. The van der Waals surface area contributed by atoms with E-state index in [1.807, 2.05) is 26.8 Å². The number of anilines is 1. The topological polar surface area (TPSA) is 81.9 Å². The average Bonchev–Trinajstić information content (AvgIpc) is 2.73. The van der Waals surface area contributed by atoms with Gasteiger partial charge >= 0.3 is 0 Å². The van der Waals surface area contributed by atoms with Crippen LogP contribution in [0.15, 0.2) is 53.8 Å². The van der Waals surface area contributed by atoms with Gasteiger partial charge in [-0.1, -0.05) is 25.5 Å². The Labute approximate surface area is 171 Å². The lowest BCUT2D eigenvalue weighted by molar-refractivity contribution is 0.423. The maximum Gasteiger partial charge on any atom is 0.160 e. The molecule has 5 nitrogen and oxygen atoms in total. The molecule has 29 heavy (non-hydrogen) atoms. The number of halogens is 1. The van der Waals surface area contributed by atoms with Crippen molar-refractivity contribution in [3.8, 4) is 11.4 Å². The third-order valence-corrected chi connectivity index (χ3v) is 4.42. The van der Waals surface area contributed by atoms with Crippen LogP contribution in [0.4, 0.5) is 10.1 Å². The van der Waals surface area contributed by atoms with Crippen LogP contribution in [0.1, 0.15) is 45.0 Å². The Morgan fingerprint density at radius 2 is 1.93 bits per heavy atom. The van der Waals surface area contributed by atoms with Gasteiger partial charge in [0.2, 0.25) is 0 Å². The van der Waals surface area contributed by atoms with Gasteiger partial charge in [0.15, 0.2) is 5.82 Å². The van der Waals surface area contributed by atoms with Crippen LogP contribution in [-0.2, 0) is 0 Å². The molecule has 0 fully saturated rings. The number of hydrogen-bond donors (Lipinski definition) is 3. The Balaban J connectivity index is 2.60. The van der Waals surface area contributed by atoms with E-state index in [4.69, 9.17) is 5.41 Å². The van der Waals surface area contributed by atoms with E-state index in [1.165, 1.54) is 12.1 Å². The molecule has 0 aliphatic rings. The Kier molecular flexibility index (Phi) is 7.83. The van der Waals surface area contributed by atoms with Crippen molar-refractivity contribution in [3.05, 3.63) is 71.0 Å². The number of benzene rings is 1. The number of allylic oxidation sites excluding steroid dienone is 4. The number of hydrogen-bond acceptors (Lipinski definition) is 5. The van der Waals surface area contributed by atoms with Gasteiger partial charge in [0.25, 0.3) is 0 Å². The van der Waals surface area contributed by atoms with Crippen LogP contribution in [-0.4, -0.2) is 27.8 Å². The summed E-state index contributed by atoms with van der Waals surface area (Å²) in [6.07, 6.45) is 8.27. The van der Waals surface area contributed by atoms with Crippen molar-refractivity contribution >= 4 is 17.5 Å². The minimum atomic E-state index is -0.334. The Hall–Kier alpha value is -3.28. The van der Waals surface area contributed by atoms with Crippen LogP contribution < -0.4 is 5.32 Å². The van der Waals surface area contributed by atoms with Crippen molar-refractivity contribution in [1.29, 1.82) is 5.41 Å². The van der Waals surface area contributed by atoms with E-state index in [9.17, 15) is 9.50 Å². The molecule has 2 aromatic rings. The molecule has 3 N–H and O–H groups in total. The summed E-state index contributed by atoms with van der Waals surface area (Å²) in [7, 11) is 1.76. The molecule has 0 aliphatic heterocycles. The van der Waals surface area contributed by atoms with Gasteiger partial charge in [-0.25, -0.2) is 14.4 Å². The normalized spacial score (nSPS) is 12.4. The molecule has 0 unspecified atom stereocenters. The third-order valence-electron chi connectivity index (χ3n) is 4.42. The Morgan fingerprint density at radius 1 is 1.24 bits per heavy atom. The quantitative estimate of drug-likeness (QED) is 0.295. The average molecular weight is 394 g/mol. The zero-order valence-electron chi connectivity index (χ0n) is 17.3. The van der Waals surface area contributed by atoms with Crippen molar-refractivity contribution in [3.63, 3.8) is 0 Å². The summed E-state index contributed by atoms with van der Waals surface area (Å²) in [4.78, 5) is 9.18. The fraction of sp³-hybridized carbons (Fsp3) is 0.261. The first kappa shape index (κ1) is 22.0. The minimum Gasteiger partial charge on any atom is -0.508 e. The highest BCUT2D eigenvalue weighted by molar-refractivity contribution is 6.02. The fourth-order valence-electron chi connectivity index (χ4n) is 2.67. The van der Waals surface area contributed by atoms with E-state index in [0.717, 1.165) is 12.0 Å². The smallest absolute Gasteiger partial charge is 0.160 e. The SMILES string of the molecule is C\C=C(C)/C(O)=C\C=C\c1nc(-c2ccc(F)cc2)nc(C(=N)CCC)c1NC. The van der Waals surface area contributed by atoms with Gasteiger partial charge in [-0.05, 0) is 62.3 Å². The second kappa shape index (κ2) is 10.3. The summed E-state index contributed by atoms with van der Waals surface area (Å²) in [5.41, 5.74) is 3.57. The van der Waals surface area contributed by atoms with E-state index >= 15 is 0 Å². The van der Waals surface area contributed by atoms with Gasteiger partial charge in [-0.2, -0.15) is 0 Å². The van der Waals surface area contributed by atoms with E-state index in [1.54, 1.807) is 37.4 Å². The van der Waals surface area contributed by atoms with Crippen molar-refractivity contribution in [2.24, 2.45) is 0 Å². The molecule has 0 radical (unpaired) electrons. The summed E-state index contributed by atoms with van der Waals surface area (Å²) < 4.78 is 13.3. The molecule has 6 heteroatoms. The highest BCUT2D eigenvalue weighted by atomic mass is 19.1. The molecule has 2 rings (SSSR count). The van der Waals surface area contributed by atoms with Crippen LogP contribution in [0.5, 0.6) is 0 Å².